The number of aromatic nitrogens is 4. The Morgan fingerprint density at radius 1 is 0.387 bits per heavy atom. The smallest absolute Gasteiger partial charge is 0.264 e. The quantitative estimate of drug-likeness (QED) is 0.0597. The molecule has 7 aromatic carbocycles. The minimum absolute atomic E-state index is 0.0594. The summed E-state index contributed by atoms with van der Waals surface area (Å²) in [6.07, 6.45) is 5.32. The summed E-state index contributed by atoms with van der Waals surface area (Å²) in [5, 5.41) is 5.91. The molecule has 4 aromatic heterocycles. The predicted molar refractivity (Wildman–Crippen MR) is 224 cm³/mol. The molecule has 2 fully saturated rings. The lowest BCUT2D eigenvalue weighted by atomic mass is 9.84. The lowest BCUT2D eigenvalue weighted by Crippen LogP contribution is -2.30. The van der Waals surface area contributed by atoms with Crippen LogP contribution in [-0.4, -0.2) is 44.9 Å². The van der Waals surface area contributed by atoms with E-state index < -0.39 is 79.7 Å². The maximum absolute atomic E-state index is 15.6. The summed E-state index contributed by atoms with van der Waals surface area (Å²) in [5.74, 6) is -14.9. The van der Waals surface area contributed by atoms with E-state index in [2.05, 4.69) is 19.8 Å². The fourth-order valence-corrected chi connectivity index (χ4v) is 11.0. The number of pyridine rings is 2. The molecule has 0 amide bonds. The van der Waals surface area contributed by atoms with Crippen molar-refractivity contribution in [2.45, 2.75) is 38.5 Å². The van der Waals surface area contributed by atoms with Gasteiger partial charge in [0.2, 0.25) is 0 Å². The molecule has 0 saturated carbocycles. The number of rotatable bonds is 2. The summed E-state index contributed by atoms with van der Waals surface area (Å²) in [4.78, 5) is 39.1. The fraction of sp³-hybridized carbons (Fsp3) is 0.217. The van der Waals surface area contributed by atoms with E-state index in [1.807, 2.05) is 12.1 Å². The molecule has 2 N–H and O–H groups in total. The third-order valence-corrected chi connectivity index (χ3v) is 13.7. The highest BCUT2D eigenvalue weighted by Crippen LogP contribution is 2.52. The first-order valence-electron chi connectivity index (χ1n) is 20.4. The van der Waals surface area contributed by atoms with Crippen LogP contribution in [0.3, 0.4) is 0 Å². The van der Waals surface area contributed by atoms with Crippen LogP contribution in [0.1, 0.15) is 38.5 Å². The van der Waals surface area contributed by atoms with Gasteiger partial charge in [-0.2, -0.15) is 0 Å². The van der Waals surface area contributed by atoms with Gasteiger partial charge in [-0.15, -0.1) is 0 Å². The van der Waals surface area contributed by atoms with Crippen molar-refractivity contribution >= 4 is 109 Å². The number of hydrogen-bond acceptors (Lipinski definition) is 4. The van der Waals surface area contributed by atoms with Gasteiger partial charge in [-0.05, 0) is 73.6 Å². The molecule has 6 heterocycles. The molecule has 2 aliphatic rings. The molecule has 0 unspecified atom stereocenters. The van der Waals surface area contributed by atoms with E-state index in [4.69, 9.17) is 0 Å². The van der Waals surface area contributed by atoms with Crippen LogP contribution in [0, 0.1) is 46.5 Å². The number of aromatic amines is 2. The number of fused-ring (bicyclic) bond motifs is 10. The summed E-state index contributed by atoms with van der Waals surface area (Å²) in [6, 6.07) is 10.3. The highest BCUT2D eigenvalue weighted by atomic mass is 19.2. The van der Waals surface area contributed by atoms with Gasteiger partial charge in [0.1, 0.15) is 33.4 Å². The molecular weight excluding hydrogens is 821 g/mol. The number of nitrogens with one attached hydrogen (secondary N) is 2. The van der Waals surface area contributed by atoms with Crippen LogP contribution in [0.4, 0.5) is 46.5 Å². The minimum Gasteiger partial charge on any atom is -0.371 e. The summed E-state index contributed by atoms with van der Waals surface area (Å²) < 4.78 is 123. The van der Waals surface area contributed by atoms with Crippen molar-refractivity contribution in [2.24, 2.45) is 0 Å². The van der Waals surface area contributed by atoms with Crippen LogP contribution in [0.25, 0.3) is 98.0 Å². The Bertz CT molecular complexity index is 3730. The molecule has 2 aliphatic heterocycles. The SMILES string of the molecule is O=c1c2ccc3c4c(N5CCCCC5)cc5c6c(ccc(c7c(N8CCCCC8)cc(c2c37)c2[nH]c3c(F)c(F)c(F)c(F)c3n12)c46)c(=O)n1c5[nH]c2c(F)c(F)c(F)c(F)c21. The Morgan fingerprint density at radius 2 is 0.742 bits per heavy atom. The third kappa shape index (κ3) is 4.13. The van der Waals surface area contributed by atoms with E-state index in [9.17, 15) is 27.2 Å². The number of anilines is 2. The molecule has 62 heavy (non-hydrogen) atoms. The first-order valence-corrected chi connectivity index (χ1v) is 20.4. The lowest BCUT2D eigenvalue weighted by Gasteiger charge is -2.33. The molecule has 0 spiro atoms. The van der Waals surface area contributed by atoms with Crippen LogP contribution < -0.4 is 20.9 Å². The Kier molecular flexibility index (Phi) is 6.92. The van der Waals surface area contributed by atoms with Crippen LogP contribution in [0.15, 0.2) is 46.0 Å². The molecule has 8 nitrogen and oxygen atoms in total. The zero-order chi connectivity index (χ0) is 42.4. The van der Waals surface area contributed by atoms with Crippen LogP contribution >= 0.6 is 0 Å². The molecular formula is C46H28F8N6O2. The second kappa shape index (κ2) is 12.0. The van der Waals surface area contributed by atoms with Gasteiger partial charge in [-0.1, -0.05) is 12.1 Å². The minimum atomic E-state index is -2.05. The number of halogens is 8. The largest absolute Gasteiger partial charge is 0.371 e. The standard InChI is InChI=1S/C46H28F8N6O2/c47-31-33(49)37(53)41-39(35(31)51)55-43-21-15-23(57-11-3-1-4-12-57)27-17-7-9-20-26-22(44-56-40-36(52)32(48)34(50)38(54)42(40)60(44)46(20)62)16-24(58-13-5-2-6-14-58)28(30(17)26)18-8-10-19(25(21)29(18)27)45(61)59(41)43/h7-10,15-16,55-56H,1-6,11-14H2. The average Bonchev–Trinajstić information content (AvgIpc) is 3.91. The van der Waals surface area contributed by atoms with Gasteiger partial charge in [0.15, 0.2) is 46.5 Å². The molecule has 0 atom stereocenters. The summed E-state index contributed by atoms with van der Waals surface area (Å²) in [5.41, 5.74) is -3.24. The maximum Gasteiger partial charge on any atom is 0.264 e. The van der Waals surface area contributed by atoms with Gasteiger partial charge in [-0.3, -0.25) is 18.4 Å². The van der Waals surface area contributed by atoms with Crippen molar-refractivity contribution in [2.75, 3.05) is 36.0 Å². The Morgan fingerprint density at radius 3 is 1.13 bits per heavy atom. The first kappa shape index (κ1) is 35.9. The van der Waals surface area contributed by atoms with Crippen molar-refractivity contribution in [3.63, 3.8) is 0 Å². The molecule has 0 bridgehead atoms. The third-order valence-electron chi connectivity index (χ3n) is 13.7. The first-order chi connectivity index (χ1) is 30.0. The van der Waals surface area contributed by atoms with E-state index in [-0.39, 0.29) is 22.1 Å². The monoisotopic (exact) mass is 848 g/mol. The number of imidazole rings is 2. The van der Waals surface area contributed by atoms with E-state index >= 15 is 17.6 Å². The number of H-pyrrole nitrogens is 2. The zero-order valence-corrected chi connectivity index (χ0v) is 32.2. The highest BCUT2D eigenvalue weighted by molar-refractivity contribution is 6.44. The van der Waals surface area contributed by atoms with Crippen molar-refractivity contribution in [1.82, 2.24) is 18.8 Å². The second-order valence-electron chi connectivity index (χ2n) is 16.7. The summed E-state index contributed by atoms with van der Waals surface area (Å²) in [7, 11) is 0. The number of nitrogens with zero attached hydrogens (tertiary/aromatic N) is 4. The normalized spacial score (nSPS) is 15.8. The lowest BCUT2D eigenvalue weighted by molar-refractivity contribution is 0.416. The highest BCUT2D eigenvalue weighted by Gasteiger charge is 2.33. The number of benzene rings is 7. The Balaban J connectivity index is 1.30. The van der Waals surface area contributed by atoms with Crippen LogP contribution in [0.2, 0.25) is 0 Å². The summed E-state index contributed by atoms with van der Waals surface area (Å²) in [6.45, 7) is 2.51. The molecule has 11 aromatic rings. The molecule has 0 radical (unpaired) electrons. The van der Waals surface area contributed by atoms with E-state index in [0.29, 0.717) is 91.4 Å². The van der Waals surface area contributed by atoms with Gasteiger partial charge in [0, 0.05) is 91.4 Å². The fourth-order valence-electron chi connectivity index (χ4n) is 11.0. The second-order valence-corrected chi connectivity index (χ2v) is 16.7. The molecule has 310 valence electrons. The maximum atomic E-state index is 15.6. The summed E-state index contributed by atoms with van der Waals surface area (Å²) >= 11 is 0. The van der Waals surface area contributed by atoms with Gasteiger partial charge < -0.3 is 19.8 Å². The van der Waals surface area contributed by atoms with Gasteiger partial charge in [0.25, 0.3) is 11.1 Å². The molecule has 2 saturated heterocycles. The number of piperidine rings is 2. The Labute approximate surface area is 340 Å². The van der Waals surface area contributed by atoms with Crippen molar-refractivity contribution in [1.29, 1.82) is 0 Å². The predicted octanol–water partition coefficient (Wildman–Crippen LogP) is 10.8. The van der Waals surface area contributed by atoms with Gasteiger partial charge >= 0.3 is 0 Å². The van der Waals surface area contributed by atoms with Gasteiger partial charge in [0.05, 0.1) is 0 Å². The topological polar surface area (TPSA) is 81.0 Å². The zero-order valence-electron chi connectivity index (χ0n) is 32.2. The van der Waals surface area contributed by atoms with Crippen molar-refractivity contribution in [3.05, 3.63) is 104 Å². The van der Waals surface area contributed by atoms with E-state index in [1.54, 1.807) is 24.3 Å². The van der Waals surface area contributed by atoms with E-state index in [0.717, 1.165) is 47.3 Å². The average molecular weight is 849 g/mol. The molecule has 0 aliphatic carbocycles. The van der Waals surface area contributed by atoms with E-state index in [1.165, 1.54) is 0 Å². The number of hydrogen-bond donors (Lipinski definition) is 2. The molecule has 16 heteroatoms. The van der Waals surface area contributed by atoms with Crippen molar-refractivity contribution in [3.8, 4) is 0 Å². The Hall–Kier alpha value is -6.84. The molecule has 13 rings (SSSR count). The van der Waals surface area contributed by atoms with Crippen LogP contribution in [-0.2, 0) is 0 Å². The van der Waals surface area contributed by atoms with Crippen LogP contribution in [0.5, 0.6) is 0 Å². The van der Waals surface area contributed by atoms with Gasteiger partial charge in [-0.25, -0.2) is 35.1 Å². The van der Waals surface area contributed by atoms with Crippen molar-refractivity contribution < 1.29 is 35.1 Å².